The lowest BCUT2D eigenvalue weighted by atomic mass is 10.0. The van der Waals surface area contributed by atoms with E-state index in [9.17, 15) is 14.7 Å². The van der Waals surface area contributed by atoms with E-state index in [0.717, 1.165) is 10.6 Å². The van der Waals surface area contributed by atoms with Gasteiger partial charge in [0.05, 0.1) is 32.4 Å². The van der Waals surface area contributed by atoms with Crippen molar-refractivity contribution in [3.63, 3.8) is 0 Å². The second-order valence-corrected chi connectivity index (χ2v) is 7.54. The van der Waals surface area contributed by atoms with Crippen LogP contribution in [-0.2, 0) is 4.79 Å². The van der Waals surface area contributed by atoms with Gasteiger partial charge >= 0.3 is 5.97 Å². The van der Waals surface area contributed by atoms with Crippen molar-refractivity contribution in [1.29, 1.82) is 0 Å². The fraction of sp³-hybridized carbons (Fsp3) is 0.227. The molecule has 1 aromatic heterocycles. The zero-order chi connectivity index (χ0) is 21.7. The number of nitrogens with one attached hydrogen (secondary N) is 1. The minimum Gasteiger partial charge on any atom is -0.493 e. The zero-order valence-electron chi connectivity index (χ0n) is 16.8. The lowest BCUT2D eigenvalue weighted by Crippen LogP contribution is -2.30. The van der Waals surface area contributed by atoms with E-state index in [1.807, 2.05) is 30.3 Å². The molecule has 1 amide bonds. The van der Waals surface area contributed by atoms with E-state index >= 15 is 0 Å². The molecule has 30 heavy (non-hydrogen) atoms. The monoisotopic (exact) mass is 426 g/mol. The number of rotatable bonds is 8. The number of carboxylic acid groups (broad SMARTS) is 1. The van der Waals surface area contributed by atoms with Crippen molar-refractivity contribution in [2.45, 2.75) is 19.4 Å². The Morgan fingerprint density at radius 3 is 2.43 bits per heavy atom. The summed E-state index contributed by atoms with van der Waals surface area (Å²) in [6, 6.07) is 13.9. The molecule has 0 saturated carbocycles. The smallest absolute Gasteiger partial charge is 0.305 e. The topological polar surface area (TPSA) is 97.8 Å². The lowest BCUT2D eigenvalue weighted by molar-refractivity contribution is -0.137. The molecule has 0 unspecified atom stereocenters. The molecule has 8 heteroatoms. The summed E-state index contributed by atoms with van der Waals surface area (Å²) >= 11 is 1.28. The van der Waals surface area contributed by atoms with Gasteiger partial charge in [-0.15, -0.1) is 11.3 Å². The SMILES string of the molecule is COc1ccc([C@@H](CC(=O)O)NC(=O)c2sc(-c3ccccc3)nc2C)cc1OC. The van der Waals surface area contributed by atoms with Crippen molar-refractivity contribution in [1.82, 2.24) is 10.3 Å². The van der Waals surface area contributed by atoms with Crippen LogP contribution in [0, 0.1) is 6.92 Å². The molecular formula is C22H22N2O5S. The number of aromatic nitrogens is 1. The van der Waals surface area contributed by atoms with E-state index in [0.29, 0.717) is 27.6 Å². The van der Waals surface area contributed by atoms with Gasteiger partial charge in [0.2, 0.25) is 0 Å². The van der Waals surface area contributed by atoms with Crippen LogP contribution in [0.25, 0.3) is 10.6 Å². The Kier molecular flexibility index (Phi) is 6.68. The summed E-state index contributed by atoms with van der Waals surface area (Å²) in [6.45, 7) is 1.76. The largest absolute Gasteiger partial charge is 0.493 e. The molecule has 0 bridgehead atoms. The Balaban J connectivity index is 1.88. The average Bonchev–Trinajstić information content (AvgIpc) is 3.14. The summed E-state index contributed by atoms with van der Waals surface area (Å²) in [4.78, 5) is 29.3. The average molecular weight is 426 g/mol. The first-order valence-electron chi connectivity index (χ1n) is 9.20. The third-order valence-electron chi connectivity index (χ3n) is 4.52. The van der Waals surface area contributed by atoms with Gasteiger partial charge in [0.1, 0.15) is 9.88 Å². The molecule has 2 N–H and O–H groups in total. The fourth-order valence-electron chi connectivity index (χ4n) is 3.03. The van der Waals surface area contributed by atoms with Gasteiger partial charge in [0.15, 0.2) is 11.5 Å². The van der Waals surface area contributed by atoms with Crippen LogP contribution in [0.15, 0.2) is 48.5 Å². The maximum absolute atomic E-state index is 13.0. The van der Waals surface area contributed by atoms with Gasteiger partial charge in [-0.25, -0.2) is 4.98 Å². The summed E-state index contributed by atoms with van der Waals surface area (Å²) in [6.07, 6.45) is -0.273. The minimum atomic E-state index is -1.03. The van der Waals surface area contributed by atoms with Crippen molar-refractivity contribution in [2.24, 2.45) is 0 Å². The van der Waals surface area contributed by atoms with E-state index in [4.69, 9.17) is 9.47 Å². The van der Waals surface area contributed by atoms with Crippen LogP contribution in [-0.4, -0.2) is 36.2 Å². The van der Waals surface area contributed by atoms with E-state index < -0.39 is 12.0 Å². The number of carboxylic acids is 1. The number of aliphatic carboxylic acids is 1. The van der Waals surface area contributed by atoms with Gasteiger partial charge in [0.25, 0.3) is 5.91 Å². The number of benzene rings is 2. The first-order valence-corrected chi connectivity index (χ1v) is 10.0. The van der Waals surface area contributed by atoms with Gasteiger partial charge in [0, 0.05) is 5.56 Å². The van der Waals surface area contributed by atoms with E-state index in [1.165, 1.54) is 25.6 Å². The quantitative estimate of drug-likeness (QED) is 0.563. The number of carbonyl (C=O) groups excluding carboxylic acids is 1. The van der Waals surface area contributed by atoms with Crippen molar-refractivity contribution >= 4 is 23.2 Å². The Hall–Kier alpha value is -3.39. The zero-order valence-corrected chi connectivity index (χ0v) is 17.7. The maximum atomic E-state index is 13.0. The number of aryl methyl sites for hydroxylation is 1. The van der Waals surface area contributed by atoms with Crippen LogP contribution in [0.5, 0.6) is 11.5 Å². The Morgan fingerprint density at radius 2 is 1.80 bits per heavy atom. The molecule has 0 saturated heterocycles. The molecule has 0 fully saturated rings. The lowest BCUT2D eigenvalue weighted by Gasteiger charge is -2.19. The van der Waals surface area contributed by atoms with Crippen LogP contribution in [0.3, 0.4) is 0 Å². The number of nitrogens with zero attached hydrogens (tertiary/aromatic N) is 1. The maximum Gasteiger partial charge on any atom is 0.305 e. The molecule has 156 valence electrons. The number of amides is 1. The van der Waals surface area contributed by atoms with Gasteiger partial charge in [-0.2, -0.15) is 0 Å². The molecule has 3 aromatic rings. The van der Waals surface area contributed by atoms with E-state index in [1.54, 1.807) is 25.1 Å². The van der Waals surface area contributed by atoms with Crippen molar-refractivity contribution < 1.29 is 24.2 Å². The molecule has 0 aliphatic carbocycles. The predicted octanol–water partition coefficient (Wildman–Crippen LogP) is 4.08. The van der Waals surface area contributed by atoms with Gasteiger partial charge in [-0.05, 0) is 24.6 Å². The predicted molar refractivity (Wildman–Crippen MR) is 114 cm³/mol. The first-order chi connectivity index (χ1) is 14.4. The molecule has 0 radical (unpaired) electrons. The second-order valence-electron chi connectivity index (χ2n) is 6.54. The first kappa shape index (κ1) is 21.3. The van der Waals surface area contributed by atoms with Crippen LogP contribution >= 0.6 is 11.3 Å². The van der Waals surface area contributed by atoms with Gasteiger partial charge < -0.3 is 19.9 Å². The third kappa shape index (κ3) is 4.77. The molecular weight excluding hydrogens is 404 g/mol. The molecule has 0 spiro atoms. The summed E-state index contributed by atoms with van der Waals surface area (Å²) in [5.74, 6) is -0.415. The Labute approximate surface area is 178 Å². The molecule has 7 nitrogen and oxygen atoms in total. The summed E-state index contributed by atoms with van der Waals surface area (Å²) in [7, 11) is 3.02. The van der Waals surface area contributed by atoms with Crippen LogP contribution in [0.1, 0.15) is 33.4 Å². The highest BCUT2D eigenvalue weighted by Crippen LogP contribution is 2.32. The highest BCUT2D eigenvalue weighted by Gasteiger charge is 2.23. The molecule has 0 aliphatic heterocycles. The summed E-state index contributed by atoms with van der Waals surface area (Å²) < 4.78 is 10.5. The molecule has 0 aliphatic rings. The summed E-state index contributed by atoms with van der Waals surface area (Å²) in [5, 5.41) is 12.9. The van der Waals surface area contributed by atoms with Crippen LogP contribution in [0.2, 0.25) is 0 Å². The standard InChI is InChI=1S/C22H22N2O5S/c1-13-20(30-22(23-13)14-7-5-4-6-8-14)21(27)24-16(12-19(25)26)15-9-10-17(28-2)18(11-15)29-3/h4-11,16H,12H2,1-3H3,(H,24,27)(H,25,26)/t16-/m1/s1. The molecule has 1 heterocycles. The number of ether oxygens (including phenoxy) is 2. The van der Waals surface area contributed by atoms with Crippen molar-refractivity contribution in [3.8, 4) is 22.1 Å². The second kappa shape index (κ2) is 9.41. The number of hydrogen-bond acceptors (Lipinski definition) is 6. The Bertz CT molecular complexity index is 1050. The summed E-state index contributed by atoms with van der Waals surface area (Å²) in [5.41, 5.74) is 2.12. The molecule has 2 aromatic carbocycles. The minimum absolute atomic E-state index is 0.273. The highest BCUT2D eigenvalue weighted by atomic mass is 32.1. The number of hydrogen-bond donors (Lipinski definition) is 2. The van der Waals surface area contributed by atoms with Crippen LogP contribution < -0.4 is 14.8 Å². The van der Waals surface area contributed by atoms with Crippen molar-refractivity contribution in [3.05, 3.63) is 64.7 Å². The molecule has 3 rings (SSSR count). The van der Waals surface area contributed by atoms with Gasteiger partial charge in [-0.3, -0.25) is 9.59 Å². The number of methoxy groups -OCH3 is 2. The van der Waals surface area contributed by atoms with Crippen LogP contribution in [0.4, 0.5) is 0 Å². The Morgan fingerprint density at radius 1 is 1.10 bits per heavy atom. The highest BCUT2D eigenvalue weighted by molar-refractivity contribution is 7.17. The molecule has 1 atom stereocenters. The number of thiazole rings is 1. The normalized spacial score (nSPS) is 11.6. The van der Waals surface area contributed by atoms with Crippen molar-refractivity contribution in [2.75, 3.05) is 14.2 Å². The third-order valence-corrected chi connectivity index (χ3v) is 5.72. The van der Waals surface area contributed by atoms with E-state index in [-0.39, 0.29) is 12.3 Å². The number of carbonyl (C=O) groups is 2. The van der Waals surface area contributed by atoms with Gasteiger partial charge in [-0.1, -0.05) is 36.4 Å². The van der Waals surface area contributed by atoms with E-state index in [2.05, 4.69) is 10.3 Å². The fourth-order valence-corrected chi connectivity index (χ4v) is 4.01.